The lowest BCUT2D eigenvalue weighted by molar-refractivity contribution is -0.118. The molecule has 21 heavy (non-hydrogen) atoms. The van der Waals surface area contributed by atoms with E-state index in [1.54, 1.807) is 6.92 Å². The quantitative estimate of drug-likeness (QED) is 0.760. The molecule has 0 radical (unpaired) electrons. The summed E-state index contributed by atoms with van der Waals surface area (Å²) in [4.78, 5) is 21.1. The Kier molecular flexibility index (Phi) is 5.36. The maximum Gasteiger partial charge on any atom is 0.341 e. The second kappa shape index (κ2) is 6.61. The molecule has 2 N–H and O–H groups in total. The van der Waals surface area contributed by atoms with Gasteiger partial charge in [-0.1, -0.05) is 6.92 Å². The highest BCUT2D eigenvalue weighted by molar-refractivity contribution is 7.92. The summed E-state index contributed by atoms with van der Waals surface area (Å²) in [5.74, 6) is -6.94. The average molecular weight is 321 g/mol. The molecule has 0 atom stereocenters. The Hall–Kier alpha value is -2.03. The smallest absolute Gasteiger partial charge is 0.341 e. The first-order chi connectivity index (χ1) is 9.70. The number of amides is 1. The van der Waals surface area contributed by atoms with Crippen LogP contribution in [0.15, 0.2) is 17.0 Å². The van der Waals surface area contributed by atoms with Gasteiger partial charge in [-0.2, -0.15) is 0 Å². The normalized spacial score (nSPS) is 11.2. The molecule has 0 saturated carbocycles. The van der Waals surface area contributed by atoms with Gasteiger partial charge in [0.05, 0.1) is 0 Å². The molecule has 0 fully saturated rings. The van der Waals surface area contributed by atoms with Crippen molar-refractivity contribution in [1.82, 2.24) is 5.32 Å². The van der Waals surface area contributed by atoms with E-state index in [1.807, 2.05) is 0 Å². The Labute approximate surface area is 119 Å². The fourth-order valence-corrected chi connectivity index (χ4v) is 2.79. The highest BCUT2D eigenvalue weighted by Crippen LogP contribution is 2.22. The van der Waals surface area contributed by atoms with Crippen molar-refractivity contribution in [3.8, 4) is 0 Å². The predicted molar refractivity (Wildman–Crippen MR) is 68.7 cm³/mol. The van der Waals surface area contributed by atoms with Crippen LogP contribution >= 0.6 is 0 Å². The Bertz CT molecular complexity index is 672. The largest absolute Gasteiger partial charge is 0.477 e. The molecule has 0 aliphatic carbocycles. The molecule has 1 rings (SSSR count). The molecule has 1 aromatic carbocycles. The first-order valence-electron chi connectivity index (χ1n) is 5.91. The van der Waals surface area contributed by atoms with Crippen molar-refractivity contribution in [3.05, 3.63) is 29.3 Å². The fraction of sp³-hybridized carbons (Fsp3) is 0.333. The number of carboxylic acids is 1. The van der Waals surface area contributed by atoms with Gasteiger partial charge in [0.2, 0.25) is 5.91 Å². The van der Waals surface area contributed by atoms with E-state index in [0.29, 0.717) is 18.6 Å². The van der Waals surface area contributed by atoms with Crippen molar-refractivity contribution < 1.29 is 31.9 Å². The Morgan fingerprint density at radius 2 is 1.90 bits per heavy atom. The van der Waals surface area contributed by atoms with E-state index in [0.717, 1.165) is 0 Å². The highest BCUT2D eigenvalue weighted by atomic mass is 32.2. The van der Waals surface area contributed by atoms with E-state index in [9.17, 15) is 26.8 Å². The van der Waals surface area contributed by atoms with Crippen LogP contribution in [0.3, 0.4) is 0 Å². The van der Waals surface area contributed by atoms with Crippen molar-refractivity contribution in [2.45, 2.75) is 18.2 Å². The SMILES string of the molecule is CCCNC(=O)CS(=O)(=O)c1ccc(F)c(C(=O)O)c1F. The molecule has 0 spiro atoms. The van der Waals surface area contributed by atoms with Crippen LogP contribution in [-0.4, -0.2) is 37.7 Å². The van der Waals surface area contributed by atoms with E-state index in [2.05, 4.69) is 5.32 Å². The molecular weight excluding hydrogens is 308 g/mol. The summed E-state index contributed by atoms with van der Waals surface area (Å²) in [5.41, 5.74) is -1.37. The van der Waals surface area contributed by atoms with Crippen molar-refractivity contribution in [2.24, 2.45) is 0 Å². The van der Waals surface area contributed by atoms with Crippen LogP contribution < -0.4 is 5.32 Å². The molecule has 0 aliphatic heterocycles. The predicted octanol–water partition coefficient (Wildman–Crippen LogP) is 0.963. The average Bonchev–Trinajstić information content (AvgIpc) is 2.34. The lowest BCUT2D eigenvalue weighted by atomic mass is 10.2. The fourth-order valence-electron chi connectivity index (χ4n) is 1.54. The maximum absolute atomic E-state index is 13.9. The monoisotopic (exact) mass is 321 g/mol. The molecule has 1 aromatic rings. The molecule has 1 amide bonds. The molecule has 9 heteroatoms. The minimum Gasteiger partial charge on any atom is -0.477 e. The Morgan fingerprint density at radius 3 is 2.43 bits per heavy atom. The Balaban J connectivity index is 3.18. The van der Waals surface area contributed by atoms with Gasteiger partial charge in [0.15, 0.2) is 15.7 Å². The number of aromatic carboxylic acids is 1. The van der Waals surface area contributed by atoms with Gasteiger partial charge in [0, 0.05) is 6.54 Å². The van der Waals surface area contributed by atoms with Gasteiger partial charge in [-0.05, 0) is 18.6 Å². The van der Waals surface area contributed by atoms with Crippen LogP contribution in [0.1, 0.15) is 23.7 Å². The molecule has 0 unspecified atom stereocenters. The summed E-state index contributed by atoms with van der Waals surface area (Å²) >= 11 is 0. The minimum atomic E-state index is -4.41. The summed E-state index contributed by atoms with van der Waals surface area (Å²) < 4.78 is 50.8. The number of sulfone groups is 1. The van der Waals surface area contributed by atoms with E-state index in [1.165, 1.54) is 0 Å². The molecule has 0 bridgehead atoms. The maximum atomic E-state index is 13.9. The van der Waals surface area contributed by atoms with E-state index >= 15 is 0 Å². The third kappa shape index (κ3) is 3.97. The van der Waals surface area contributed by atoms with Crippen LogP contribution in [0.2, 0.25) is 0 Å². The number of hydrogen-bond acceptors (Lipinski definition) is 4. The van der Waals surface area contributed by atoms with Crippen LogP contribution in [-0.2, 0) is 14.6 Å². The molecule has 0 saturated heterocycles. The molecule has 6 nitrogen and oxygen atoms in total. The summed E-state index contributed by atoms with van der Waals surface area (Å²) in [5, 5.41) is 11.0. The van der Waals surface area contributed by atoms with Gasteiger partial charge in [-0.25, -0.2) is 22.0 Å². The highest BCUT2D eigenvalue weighted by Gasteiger charge is 2.28. The van der Waals surface area contributed by atoms with Gasteiger partial charge < -0.3 is 10.4 Å². The third-order valence-electron chi connectivity index (χ3n) is 2.50. The van der Waals surface area contributed by atoms with E-state index < -0.39 is 49.6 Å². The van der Waals surface area contributed by atoms with Crippen LogP contribution in [0.5, 0.6) is 0 Å². The second-order valence-electron chi connectivity index (χ2n) is 4.15. The van der Waals surface area contributed by atoms with Crippen molar-refractivity contribution in [3.63, 3.8) is 0 Å². The second-order valence-corrected chi connectivity index (χ2v) is 6.11. The van der Waals surface area contributed by atoms with Gasteiger partial charge >= 0.3 is 5.97 Å². The zero-order valence-corrected chi connectivity index (χ0v) is 11.8. The van der Waals surface area contributed by atoms with Crippen LogP contribution in [0.25, 0.3) is 0 Å². The lowest BCUT2D eigenvalue weighted by Crippen LogP contribution is -2.31. The summed E-state index contributed by atoms with van der Waals surface area (Å²) in [6.07, 6.45) is 0.583. The molecule has 0 aromatic heterocycles. The molecule has 116 valence electrons. The summed E-state index contributed by atoms with van der Waals surface area (Å²) in [7, 11) is -4.41. The van der Waals surface area contributed by atoms with Gasteiger partial charge in [-0.3, -0.25) is 4.79 Å². The van der Waals surface area contributed by atoms with Crippen LogP contribution in [0, 0.1) is 11.6 Å². The first-order valence-corrected chi connectivity index (χ1v) is 7.56. The van der Waals surface area contributed by atoms with Gasteiger partial charge in [0.25, 0.3) is 0 Å². The van der Waals surface area contributed by atoms with E-state index in [4.69, 9.17) is 5.11 Å². The number of rotatable bonds is 6. The number of halogens is 2. The van der Waals surface area contributed by atoms with Gasteiger partial charge in [-0.15, -0.1) is 0 Å². The molecule has 0 heterocycles. The third-order valence-corrected chi connectivity index (χ3v) is 4.13. The number of carbonyl (C=O) groups excluding carboxylic acids is 1. The molecular formula is C12H13F2NO5S. The lowest BCUT2D eigenvalue weighted by Gasteiger charge is -2.08. The standard InChI is InChI=1S/C12H13F2NO5S/c1-2-5-15-9(16)6-21(19,20)8-4-3-7(13)10(11(8)14)12(17)18/h3-4H,2,5-6H2,1H3,(H,15,16)(H,17,18). The summed E-state index contributed by atoms with van der Waals surface area (Å²) in [6.45, 7) is 2.01. The zero-order valence-electron chi connectivity index (χ0n) is 11.0. The minimum absolute atomic E-state index is 0.251. The number of carbonyl (C=O) groups is 2. The van der Waals surface area contributed by atoms with Crippen LogP contribution in [0.4, 0.5) is 8.78 Å². The number of nitrogens with one attached hydrogen (secondary N) is 1. The van der Waals surface area contributed by atoms with Crippen molar-refractivity contribution >= 4 is 21.7 Å². The Morgan fingerprint density at radius 1 is 1.29 bits per heavy atom. The van der Waals surface area contributed by atoms with Gasteiger partial charge in [0.1, 0.15) is 22.0 Å². The molecule has 0 aliphatic rings. The van der Waals surface area contributed by atoms with Crippen molar-refractivity contribution in [2.75, 3.05) is 12.3 Å². The summed E-state index contributed by atoms with van der Waals surface area (Å²) in [6, 6.07) is 1.13. The number of hydrogen-bond donors (Lipinski definition) is 2. The zero-order chi connectivity index (χ0) is 16.2. The number of carboxylic acid groups (broad SMARTS) is 1. The number of benzene rings is 1. The van der Waals surface area contributed by atoms with Crippen molar-refractivity contribution in [1.29, 1.82) is 0 Å². The topological polar surface area (TPSA) is 101 Å². The van der Waals surface area contributed by atoms with E-state index in [-0.39, 0.29) is 6.54 Å². The first kappa shape index (κ1) is 17.0.